The monoisotopic (exact) mass is 1100 g/mol. The number of benzene rings is 13. The van der Waals surface area contributed by atoms with Crippen molar-refractivity contribution in [3.05, 3.63) is 309 Å². The zero-order valence-corrected chi connectivity index (χ0v) is 50.3. The Kier molecular flexibility index (Phi) is 12.5. The first-order valence-electron chi connectivity index (χ1n) is 30.4. The third-order valence-corrected chi connectivity index (χ3v) is 18.7. The van der Waals surface area contributed by atoms with E-state index in [-0.39, 0.29) is 10.8 Å². The molecule has 0 spiro atoms. The first-order chi connectivity index (χ1) is 41.7. The largest absolute Gasteiger partial charge is 0.310 e. The maximum atomic E-state index is 2.49. The lowest BCUT2D eigenvalue weighted by atomic mass is 9.81. The predicted octanol–water partition coefficient (Wildman–Crippen LogP) is 23.4. The van der Waals surface area contributed by atoms with E-state index in [0.717, 1.165) is 11.4 Å². The van der Waals surface area contributed by atoms with Gasteiger partial charge < -0.3 is 9.80 Å². The van der Waals surface area contributed by atoms with Crippen molar-refractivity contribution >= 4 is 102 Å². The molecular formula is C84H68N2. The number of hydrogen-bond donors (Lipinski definition) is 0. The van der Waals surface area contributed by atoms with E-state index in [4.69, 9.17) is 0 Å². The summed E-state index contributed by atoms with van der Waals surface area (Å²) in [6.45, 7) is 18.4. The molecule has 0 saturated carbocycles. The number of hydrogen-bond acceptors (Lipinski definition) is 2. The Balaban J connectivity index is 0.682. The van der Waals surface area contributed by atoms with Crippen molar-refractivity contribution in [3.63, 3.8) is 0 Å². The molecule has 2 aliphatic rings. The van der Waals surface area contributed by atoms with Gasteiger partial charge in [-0.3, -0.25) is 0 Å². The van der Waals surface area contributed by atoms with Crippen LogP contribution in [0.2, 0.25) is 0 Å². The van der Waals surface area contributed by atoms with Gasteiger partial charge in [0.1, 0.15) is 0 Å². The highest BCUT2D eigenvalue weighted by Crippen LogP contribution is 2.54. The molecule has 0 amide bonds. The van der Waals surface area contributed by atoms with Crippen LogP contribution in [0.15, 0.2) is 243 Å². The first kappa shape index (κ1) is 52.8. The van der Waals surface area contributed by atoms with Gasteiger partial charge in [0.15, 0.2) is 0 Å². The highest BCUT2D eigenvalue weighted by Gasteiger charge is 2.38. The first-order valence-corrected chi connectivity index (χ1v) is 30.4. The maximum Gasteiger partial charge on any atom is 0.0546 e. The smallest absolute Gasteiger partial charge is 0.0546 e. The highest BCUT2D eigenvalue weighted by molar-refractivity contribution is 6.16. The van der Waals surface area contributed by atoms with Crippen molar-refractivity contribution in [2.45, 2.75) is 66.2 Å². The SMILES string of the molecule is Cc1cc(C)cc(N(c2ccc3c(c2)C(C)(C)c2cc(C=Cc4ccc(C=Cc5ccc6c(c5)C(C)(C)c5cc(N(c7cc(C)cc(C)c7)c7cc8ccccc8c8ccccc78)ccc5-6)cc4)ccc2-3)c2cc3ccccc3c3ccccc23)c1. The minimum atomic E-state index is -0.210. The van der Waals surface area contributed by atoms with Crippen LogP contribution in [-0.2, 0) is 10.8 Å². The van der Waals surface area contributed by atoms with Crippen LogP contribution in [0.4, 0.5) is 34.1 Å². The van der Waals surface area contributed by atoms with Gasteiger partial charge in [0, 0.05) is 44.4 Å². The molecular weight excluding hydrogens is 1040 g/mol. The van der Waals surface area contributed by atoms with Gasteiger partial charge in [-0.05, 0) is 210 Å². The van der Waals surface area contributed by atoms with Crippen LogP contribution in [0.1, 0.15) is 94.5 Å². The Bertz CT molecular complexity index is 4630. The van der Waals surface area contributed by atoms with E-state index in [2.05, 4.69) is 332 Å². The van der Waals surface area contributed by atoms with Crippen LogP contribution < -0.4 is 9.80 Å². The second-order valence-corrected chi connectivity index (χ2v) is 25.3. The van der Waals surface area contributed by atoms with Crippen LogP contribution in [0, 0.1) is 27.7 Å². The molecule has 414 valence electrons. The second-order valence-electron chi connectivity index (χ2n) is 25.3. The van der Waals surface area contributed by atoms with Crippen molar-refractivity contribution < 1.29 is 0 Å². The second kappa shape index (κ2) is 20.4. The van der Waals surface area contributed by atoms with Crippen LogP contribution in [0.5, 0.6) is 0 Å². The third kappa shape index (κ3) is 8.94. The summed E-state index contributed by atoms with van der Waals surface area (Å²) in [7, 11) is 0. The summed E-state index contributed by atoms with van der Waals surface area (Å²) >= 11 is 0. The number of aryl methyl sites for hydroxylation is 4. The molecule has 2 heteroatoms. The lowest BCUT2D eigenvalue weighted by Crippen LogP contribution is -2.17. The van der Waals surface area contributed by atoms with Crippen LogP contribution in [0.3, 0.4) is 0 Å². The minimum absolute atomic E-state index is 0.210. The number of nitrogens with zero attached hydrogens (tertiary/aromatic N) is 2. The van der Waals surface area contributed by atoms with Gasteiger partial charge in [-0.1, -0.05) is 234 Å². The van der Waals surface area contributed by atoms with Crippen molar-refractivity contribution in [1.82, 2.24) is 0 Å². The average Bonchev–Trinajstić information content (AvgIpc) is 1.67. The fourth-order valence-corrected chi connectivity index (χ4v) is 14.5. The number of rotatable bonds is 10. The van der Waals surface area contributed by atoms with Crippen molar-refractivity contribution in [3.8, 4) is 22.3 Å². The summed E-state index contributed by atoms with van der Waals surface area (Å²) in [4.78, 5) is 4.97. The van der Waals surface area contributed by atoms with Crippen LogP contribution in [0.25, 0.3) is 89.6 Å². The quantitative estimate of drug-likeness (QED) is 0.0995. The summed E-state index contributed by atoms with van der Waals surface area (Å²) in [6, 6.07) is 91.1. The highest BCUT2D eigenvalue weighted by atomic mass is 15.2. The van der Waals surface area contributed by atoms with Gasteiger partial charge in [-0.25, -0.2) is 0 Å². The summed E-state index contributed by atoms with van der Waals surface area (Å²) in [5.74, 6) is 0. The van der Waals surface area contributed by atoms with Crippen LogP contribution in [-0.4, -0.2) is 0 Å². The molecule has 0 N–H and O–H groups in total. The summed E-state index contributed by atoms with van der Waals surface area (Å²) in [5, 5.41) is 10.0. The fourth-order valence-electron chi connectivity index (χ4n) is 14.5. The van der Waals surface area contributed by atoms with Gasteiger partial charge in [0.2, 0.25) is 0 Å². The Morgan fingerprint density at radius 2 is 0.558 bits per heavy atom. The molecule has 0 atom stereocenters. The van der Waals surface area contributed by atoms with Crippen LogP contribution >= 0.6 is 0 Å². The lowest BCUT2D eigenvalue weighted by molar-refractivity contribution is 0.660. The molecule has 13 aromatic carbocycles. The number of fused-ring (bicyclic) bond motifs is 12. The lowest BCUT2D eigenvalue weighted by Gasteiger charge is -2.30. The van der Waals surface area contributed by atoms with Crippen molar-refractivity contribution in [2.24, 2.45) is 0 Å². The fraction of sp³-hybridized carbons (Fsp3) is 0.119. The van der Waals surface area contributed by atoms with Crippen molar-refractivity contribution in [2.75, 3.05) is 9.80 Å². The molecule has 0 bridgehead atoms. The van der Waals surface area contributed by atoms with E-state index in [1.807, 2.05) is 0 Å². The zero-order valence-electron chi connectivity index (χ0n) is 50.3. The molecule has 15 rings (SSSR count). The Labute approximate surface area is 506 Å². The predicted molar refractivity (Wildman–Crippen MR) is 371 cm³/mol. The molecule has 0 fully saturated rings. The van der Waals surface area contributed by atoms with E-state index < -0.39 is 0 Å². The molecule has 13 aromatic rings. The van der Waals surface area contributed by atoms with E-state index >= 15 is 0 Å². The molecule has 0 unspecified atom stereocenters. The normalized spacial score (nSPS) is 13.7. The standard InChI is InChI=1S/C84H68N2/c1-53-41-54(2)44-65(43-53)85(81-49-61-17-9-11-19-67(61)69-21-13-15-23-75(69)81)63-35-39-73-71-37-33-59(47-77(71)83(5,6)79(73)51-63)31-29-57-25-27-58(28-26-57)30-32-60-34-38-72-74-40-36-64(52-80(74)84(7,8)78(72)48-60)86(66-45-55(3)42-56(4)46-66)82-50-62-18-10-12-20-68(62)70-22-14-16-24-76(70)82/h9-52H,1-8H3. The third-order valence-electron chi connectivity index (χ3n) is 18.7. The molecule has 0 radical (unpaired) electrons. The average molecular weight is 1110 g/mol. The minimum Gasteiger partial charge on any atom is -0.310 e. The van der Waals surface area contributed by atoms with Gasteiger partial charge in [0.05, 0.1) is 11.4 Å². The summed E-state index contributed by atoms with van der Waals surface area (Å²) in [5.41, 5.74) is 27.0. The molecule has 2 aliphatic carbocycles. The summed E-state index contributed by atoms with van der Waals surface area (Å²) < 4.78 is 0. The molecule has 0 aliphatic heterocycles. The van der Waals surface area contributed by atoms with Gasteiger partial charge in [0.25, 0.3) is 0 Å². The van der Waals surface area contributed by atoms with E-state index in [0.29, 0.717) is 0 Å². The van der Waals surface area contributed by atoms with Gasteiger partial charge in [-0.2, -0.15) is 0 Å². The van der Waals surface area contributed by atoms with E-state index in [9.17, 15) is 0 Å². The maximum absolute atomic E-state index is 2.49. The molecule has 0 heterocycles. The Morgan fingerprint density at radius 3 is 0.942 bits per heavy atom. The zero-order chi connectivity index (χ0) is 58.6. The van der Waals surface area contributed by atoms with Gasteiger partial charge >= 0.3 is 0 Å². The van der Waals surface area contributed by atoms with E-state index in [1.165, 1.54) is 155 Å². The molecule has 0 aromatic heterocycles. The Hall–Kier alpha value is -10.0. The molecule has 0 saturated heterocycles. The molecule has 86 heavy (non-hydrogen) atoms. The summed E-state index contributed by atoms with van der Waals surface area (Å²) in [6.07, 6.45) is 9.02. The van der Waals surface area contributed by atoms with Gasteiger partial charge in [-0.15, -0.1) is 0 Å². The molecule has 2 nitrogen and oxygen atoms in total. The van der Waals surface area contributed by atoms with E-state index in [1.54, 1.807) is 0 Å². The Morgan fingerprint density at radius 1 is 0.256 bits per heavy atom. The van der Waals surface area contributed by atoms with Crippen molar-refractivity contribution in [1.29, 1.82) is 0 Å². The number of anilines is 6. The topological polar surface area (TPSA) is 6.48 Å².